The number of nitrogens with zero attached hydrogens (tertiary/aromatic N) is 2. The molecule has 0 aliphatic heterocycles. The van der Waals surface area contributed by atoms with Crippen LogP contribution in [0.1, 0.15) is 47.5 Å². The summed E-state index contributed by atoms with van der Waals surface area (Å²) in [6, 6.07) is 9.03. The van der Waals surface area contributed by atoms with Crippen LogP contribution in [-0.2, 0) is 12.8 Å². The molecule has 1 unspecified atom stereocenters. The Morgan fingerprint density at radius 2 is 2.05 bits per heavy atom. The van der Waals surface area contributed by atoms with E-state index in [0.717, 1.165) is 35.8 Å². The van der Waals surface area contributed by atoms with E-state index in [4.69, 9.17) is 0 Å². The van der Waals surface area contributed by atoms with Crippen molar-refractivity contribution in [3.8, 4) is 0 Å². The Bertz CT molecular complexity index is 536. The van der Waals surface area contributed by atoms with E-state index in [9.17, 15) is 0 Å². The van der Waals surface area contributed by atoms with Crippen LogP contribution in [0.15, 0.2) is 24.3 Å². The van der Waals surface area contributed by atoms with Crippen molar-refractivity contribution in [1.29, 1.82) is 0 Å². The maximum atomic E-state index is 4.34. The third-order valence-electron chi connectivity index (χ3n) is 3.35. The molecule has 4 heteroatoms. The molecule has 0 radical (unpaired) electrons. The Labute approximate surface area is 125 Å². The molecular weight excluding hydrogens is 266 g/mol. The fourth-order valence-corrected chi connectivity index (χ4v) is 3.28. The number of aryl methyl sites for hydroxylation is 3. The maximum Gasteiger partial charge on any atom is 0.134 e. The third-order valence-corrected chi connectivity index (χ3v) is 4.45. The number of hydrogen-bond acceptors (Lipinski definition) is 4. The summed E-state index contributed by atoms with van der Waals surface area (Å²) in [5.74, 6) is 0. The molecule has 0 aliphatic rings. The second-order valence-corrected chi connectivity index (χ2v) is 6.14. The van der Waals surface area contributed by atoms with Crippen LogP contribution in [0.3, 0.4) is 0 Å². The Balaban J connectivity index is 1.95. The number of aromatic nitrogens is 2. The van der Waals surface area contributed by atoms with Gasteiger partial charge in [-0.3, -0.25) is 0 Å². The first kappa shape index (κ1) is 15.1. The molecule has 2 rings (SSSR count). The largest absolute Gasteiger partial charge is 0.308 e. The molecule has 0 fully saturated rings. The first-order valence-electron chi connectivity index (χ1n) is 7.34. The Kier molecular flexibility index (Phi) is 5.68. The van der Waals surface area contributed by atoms with Gasteiger partial charge in [-0.1, -0.05) is 55.0 Å². The average molecular weight is 289 g/mol. The van der Waals surface area contributed by atoms with Crippen molar-refractivity contribution in [1.82, 2.24) is 15.5 Å². The van der Waals surface area contributed by atoms with Gasteiger partial charge in [-0.25, -0.2) is 0 Å². The van der Waals surface area contributed by atoms with Gasteiger partial charge < -0.3 is 5.32 Å². The Morgan fingerprint density at radius 1 is 1.20 bits per heavy atom. The van der Waals surface area contributed by atoms with Gasteiger partial charge in [0.25, 0.3) is 0 Å². The van der Waals surface area contributed by atoms with Crippen LogP contribution in [0.2, 0.25) is 0 Å². The molecule has 2 aromatic rings. The average Bonchev–Trinajstić information content (AvgIpc) is 2.91. The summed E-state index contributed by atoms with van der Waals surface area (Å²) >= 11 is 1.74. The molecule has 3 nitrogen and oxygen atoms in total. The van der Waals surface area contributed by atoms with E-state index in [0.29, 0.717) is 6.04 Å². The molecular formula is C16H23N3S. The van der Waals surface area contributed by atoms with Crippen LogP contribution in [0.5, 0.6) is 0 Å². The molecule has 1 N–H and O–H groups in total. The quantitative estimate of drug-likeness (QED) is 0.844. The molecule has 20 heavy (non-hydrogen) atoms. The fourth-order valence-electron chi connectivity index (χ4n) is 2.28. The van der Waals surface area contributed by atoms with Gasteiger partial charge in [0.05, 0.1) is 6.04 Å². The topological polar surface area (TPSA) is 37.8 Å². The van der Waals surface area contributed by atoms with Gasteiger partial charge >= 0.3 is 0 Å². The summed E-state index contributed by atoms with van der Waals surface area (Å²) < 4.78 is 0. The standard InChI is InChI=1S/C16H23N3S/c1-4-14(17-5-2)16-19-18-15(20-16)10-9-13-8-6-7-12(3)11-13/h6-8,11,14,17H,4-5,9-10H2,1-3H3. The molecule has 0 aliphatic carbocycles. The van der Waals surface area contributed by atoms with Gasteiger partial charge in [-0.05, 0) is 31.9 Å². The minimum Gasteiger partial charge on any atom is -0.308 e. The normalized spacial score (nSPS) is 12.6. The zero-order valence-corrected chi connectivity index (χ0v) is 13.3. The lowest BCUT2D eigenvalue weighted by Gasteiger charge is -2.10. The van der Waals surface area contributed by atoms with Crippen molar-refractivity contribution < 1.29 is 0 Å². The molecule has 0 saturated carbocycles. The highest BCUT2D eigenvalue weighted by molar-refractivity contribution is 7.11. The smallest absolute Gasteiger partial charge is 0.134 e. The Morgan fingerprint density at radius 3 is 2.75 bits per heavy atom. The lowest BCUT2D eigenvalue weighted by Crippen LogP contribution is -2.19. The van der Waals surface area contributed by atoms with Crippen LogP contribution in [0.25, 0.3) is 0 Å². The van der Waals surface area contributed by atoms with E-state index in [1.165, 1.54) is 11.1 Å². The van der Waals surface area contributed by atoms with Crippen LogP contribution in [-0.4, -0.2) is 16.7 Å². The number of hydrogen-bond donors (Lipinski definition) is 1. The van der Waals surface area contributed by atoms with Gasteiger partial charge in [-0.2, -0.15) is 0 Å². The first-order chi connectivity index (χ1) is 9.72. The van der Waals surface area contributed by atoms with E-state index in [-0.39, 0.29) is 0 Å². The molecule has 1 aromatic carbocycles. The molecule has 0 spiro atoms. The van der Waals surface area contributed by atoms with E-state index < -0.39 is 0 Å². The van der Waals surface area contributed by atoms with E-state index in [1.54, 1.807) is 11.3 Å². The van der Waals surface area contributed by atoms with Crippen LogP contribution in [0.4, 0.5) is 0 Å². The minimum atomic E-state index is 0.352. The molecule has 108 valence electrons. The lowest BCUT2D eigenvalue weighted by molar-refractivity contribution is 0.530. The number of rotatable bonds is 7. The van der Waals surface area contributed by atoms with Gasteiger partial charge in [-0.15, -0.1) is 10.2 Å². The van der Waals surface area contributed by atoms with E-state index in [2.05, 4.69) is 60.6 Å². The van der Waals surface area contributed by atoms with Crippen molar-refractivity contribution in [2.45, 2.75) is 46.1 Å². The van der Waals surface area contributed by atoms with Gasteiger partial charge in [0, 0.05) is 6.42 Å². The Hall–Kier alpha value is -1.26. The van der Waals surface area contributed by atoms with Gasteiger partial charge in [0.15, 0.2) is 0 Å². The highest BCUT2D eigenvalue weighted by Gasteiger charge is 2.13. The van der Waals surface area contributed by atoms with E-state index in [1.807, 2.05) is 0 Å². The van der Waals surface area contributed by atoms with Gasteiger partial charge in [0.2, 0.25) is 0 Å². The van der Waals surface area contributed by atoms with Crippen LogP contribution < -0.4 is 5.32 Å². The maximum absolute atomic E-state index is 4.34. The highest BCUT2D eigenvalue weighted by atomic mass is 32.1. The molecule has 1 heterocycles. The fraction of sp³-hybridized carbons (Fsp3) is 0.500. The summed E-state index contributed by atoms with van der Waals surface area (Å²) in [4.78, 5) is 0. The third kappa shape index (κ3) is 4.12. The number of nitrogens with one attached hydrogen (secondary N) is 1. The van der Waals surface area contributed by atoms with Crippen molar-refractivity contribution in [3.05, 3.63) is 45.4 Å². The zero-order chi connectivity index (χ0) is 14.4. The van der Waals surface area contributed by atoms with Crippen molar-refractivity contribution >= 4 is 11.3 Å². The molecule has 1 aromatic heterocycles. The molecule has 0 saturated heterocycles. The monoisotopic (exact) mass is 289 g/mol. The predicted octanol–water partition coefficient (Wildman–Crippen LogP) is 3.69. The highest BCUT2D eigenvalue weighted by Crippen LogP contribution is 2.21. The zero-order valence-electron chi connectivity index (χ0n) is 12.5. The van der Waals surface area contributed by atoms with Crippen molar-refractivity contribution in [3.63, 3.8) is 0 Å². The first-order valence-corrected chi connectivity index (χ1v) is 8.15. The lowest BCUT2D eigenvalue weighted by atomic mass is 10.1. The SMILES string of the molecule is CCNC(CC)c1nnc(CCc2cccc(C)c2)s1. The summed E-state index contributed by atoms with van der Waals surface area (Å²) in [6.45, 7) is 7.41. The van der Waals surface area contributed by atoms with Crippen LogP contribution in [0, 0.1) is 6.92 Å². The minimum absolute atomic E-state index is 0.352. The second-order valence-electron chi connectivity index (χ2n) is 5.04. The van der Waals surface area contributed by atoms with Crippen LogP contribution >= 0.6 is 11.3 Å². The van der Waals surface area contributed by atoms with Crippen molar-refractivity contribution in [2.24, 2.45) is 0 Å². The molecule has 0 bridgehead atoms. The van der Waals surface area contributed by atoms with E-state index >= 15 is 0 Å². The van der Waals surface area contributed by atoms with Gasteiger partial charge in [0.1, 0.15) is 10.0 Å². The summed E-state index contributed by atoms with van der Waals surface area (Å²) in [7, 11) is 0. The summed E-state index contributed by atoms with van der Waals surface area (Å²) in [5.41, 5.74) is 2.69. The van der Waals surface area contributed by atoms with Crippen molar-refractivity contribution in [2.75, 3.05) is 6.54 Å². The second kappa shape index (κ2) is 7.50. The number of benzene rings is 1. The summed E-state index contributed by atoms with van der Waals surface area (Å²) in [6.07, 6.45) is 3.07. The molecule has 1 atom stereocenters. The molecule has 0 amide bonds. The summed E-state index contributed by atoms with van der Waals surface area (Å²) in [5, 5.41) is 14.4. The predicted molar refractivity (Wildman–Crippen MR) is 85.2 cm³/mol.